The van der Waals surface area contributed by atoms with Crippen LogP contribution < -0.4 is 4.74 Å². The first kappa shape index (κ1) is 9.65. The molecule has 0 saturated heterocycles. The summed E-state index contributed by atoms with van der Waals surface area (Å²) >= 11 is 0. The quantitative estimate of drug-likeness (QED) is 0.748. The first-order chi connectivity index (χ1) is 7.31. The number of pyridine rings is 1. The summed E-state index contributed by atoms with van der Waals surface area (Å²) in [5.41, 5.74) is 1.06. The summed E-state index contributed by atoms with van der Waals surface area (Å²) in [6, 6.07) is 9.97. The summed E-state index contributed by atoms with van der Waals surface area (Å²) in [4.78, 5) is 4.10. The van der Waals surface area contributed by atoms with Crippen LogP contribution in [0.4, 0.5) is 4.39 Å². The zero-order valence-electron chi connectivity index (χ0n) is 8.27. The van der Waals surface area contributed by atoms with E-state index in [0.29, 0.717) is 17.0 Å². The summed E-state index contributed by atoms with van der Waals surface area (Å²) in [5, 5.41) is 0. The molecular weight excluding hydrogens is 193 g/mol. The second-order valence-corrected chi connectivity index (χ2v) is 3.06. The highest BCUT2D eigenvalue weighted by atomic mass is 19.1. The summed E-state index contributed by atoms with van der Waals surface area (Å²) < 4.78 is 18.5. The van der Waals surface area contributed by atoms with Crippen molar-refractivity contribution in [1.82, 2.24) is 4.98 Å². The Morgan fingerprint density at radius 2 is 2.00 bits per heavy atom. The number of hydrogen-bond donors (Lipinski definition) is 0. The van der Waals surface area contributed by atoms with E-state index in [1.807, 2.05) is 0 Å². The fourth-order valence-electron chi connectivity index (χ4n) is 1.35. The van der Waals surface area contributed by atoms with Crippen molar-refractivity contribution in [2.45, 2.75) is 0 Å². The third kappa shape index (κ3) is 1.96. The highest BCUT2D eigenvalue weighted by Gasteiger charge is 2.05. The van der Waals surface area contributed by atoms with E-state index in [2.05, 4.69) is 4.98 Å². The van der Waals surface area contributed by atoms with Gasteiger partial charge in [-0.2, -0.15) is 0 Å². The topological polar surface area (TPSA) is 22.1 Å². The maximum absolute atomic E-state index is 13.4. The minimum atomic E-state index is -0.279. The van der Waals surface area contributed by atoms with Gasteiger partial charge >= 0.3 is 0 Å². The Kier molecular flexibility index (Phi) is 2.63. The van der Waals surface area contributed by atoms with Crippen LogP contribution in [-0.4, -0.2) is 12.1 Å². The Balaban J connectivity index is 2.49. The van der Waals surface area contributed by atoms with Crippen LogP contribution in [0.25, 0.3) is 11.3 Å². The fourth-order valence-corrected chi connectivity index (χ4v) is 1.35. The van der Waals surface area contributed by atoms with Crippen LogP contribution in [0.15, 0.2) is 42.6 Å². The summed E-state index contributed by atoms with van der Waals surface area (Å²) in [7, 11) is 1.57. The molecule has 0 unspecified atom stereocenters. The Labute approximate surface area is 87.4 Å². The number of ether oxygens (including phenoxy) is 1. The number of benzene rings is 1. The van der Waals surface area contributed by atoms with E-state index in [0.717, 1.165) is 0 Å². The minimum Gasteiger partial charge on any atom is -0.497 e. The molecule has 0 amide bonds. The van der Waals surface area contributed by atoms with E-state index in [1.54, 1.807) is 43.6 Å². The number of halogens is 1. The van der Waals surface area contributed by atoms with Crippen molar-refractivity contribution < 1.29 is 9.13 Å². The third-order valence-electron chi connectivity index (χ3n) is 2.12. The normalized spacial score (nSPS) is 10.0. The van der Waals surface area contributed by atoms with E-state index in [1.165, 1.54) is 6.07 Å². The third-order valence-corrected chi connectivity index (χ3v) is 2.12. The first-order valence-corrected chi connectivity index (χ1v) is 4.56. The Morgan fingerprint density at radius 1 is 1.20 bits per heavy atom. The van der Waals surface area contributed by atoms with Crippen LogP contribution in [0.3, 0.4) is 0 Å². The monoisotopic (exact) mass is 203 g/mol. The number of aromatic nitrogens is 1. The predicted octanol–water partition coefficient (Wildman–Crippen LogP) is 2.90. The molecule has 2 aromatic rings. The van der Waals surface area contributed by atoms with Crippen LogP contribution in [0, 0.1) is 5.82 Å². The molecule has 0 radical (unpaired) electrons. The average Bonchev–Trinajstić information content (AvgIpc) is 2.30. The van der Waals surface area contributed by atoms with Gasteiger partial charge in [-0.3, -0.25) is 4.98 Å². The molecule has 0 fully saturated rings. The van der Waals surface area contributed by atoms with Crippen molar-refractivity contribution in [3.8, 4) is 17.0 Å². The van der Waals surface area contributed by atoms with Gasteiger partial charge in [-0.15, -0.1) is 0 Å². The lowest BCUT2D eigenvalue weighted by Crippen LogP contribution is -1.89. The molecule has 0 saturated carbocycles. The number of hydrogen-bond acceptors (Lipinski definition) is 2. The molecule has 0 N–H and O–H groups in total. The molecule has 2 rings (SSSR count). The molecular formula is C12H10FNO. The molecule has 76 valence electrons. The van der Waals surface area contributed by atoms with Crippen molar-refractivity contribution in [3.05, 3.63) is 48.4 Å². The standard InChI is InChI=1S/C12H10FNO/c1-15-9-6-7-14-12(8-9)10-4-2-3-5-11(10)13/h2-8H,1H3. The summed E-state index contributed by atoms with van der Waals surface area (Å²) in [6.45, 7) is 0. The van der Waals surface area contributed by atoms with Crippen molar-refractivity contribution in [2.75, 3.05) is 7.11 Å². The molecule has 1 heterocycles. The van der Waals surface area contributed by atoms with Crippen LogP contribution in [0.1, 0.15) is 0 Å². The lowest BCUT2D eigenvalue weighted by atomic mass is 10.1. The molecule has 0 aliphatic heterocycles. The molecule has 0 spiro atoms. The van der Waals surface area contributed by atoms with E-state index >= 15 is 0 Å². The van der Waals surface area contributed by atoms with Gasteiger partial charge < -0.3 is 4.74 Å². The first-order valence-electron chi connectivity index (χ1n) is 4.56. The maximum Gasteiger partial charge on any atom is 0.132 e. The van der Waals surface area contributed by atoms with Crippen LogP contribution >= 0.6 is 0 Å². The molecule has 0 aliphatic carbocycles. The van der Waals surface area contributed by atoms with E-state index in [9.17, 15) is 4.39 Å². The zero-order valence-corrected chi connectivity index (χ0v) is 8.27. The lowest BCUT2D eigenvalue weighted by Gasteiger charge is -2.04. The van der Waals surface area contributed by atoms with E-state index in [4.69, 9.17) is 4.74 Å². The van der Waals surface area contributed by atoms with Gasteiger partial charge in [-0.1, -0.05) is 12.1 Å². The molecule has 0 bridgehead atoms. The largest absolute Gasteiger partial charge is 0.497 e. The number of rotatable bonds is 2. The van der Waals surface area contributed by atoms with Gasteiger partial charge in [-0.05, 0) is 18.2 Å². The SMILES string of the molecule is COc1ccnc(-c2ccccc2F)c1. The lowest BCUT2D eigenvalue weighted by molar-refractivity contribution is 0.414. The molecule has 2 nitrogen and oxygen atoms in total. The van der Waals surface area contributed by atoms with Gasteiger partial charge in [-0.25, -0.2) is 4.39 Å². The van der Waals surface area contributed by atoms with E-state index < -0.39 is 0 Å². The van der Waals surface area contributed by atoms with Gasteiger partial charge in [0.2, 0.25) is 0 Å². The van der Waals surface area contributed by atoms with Crippen molar-refractivity contribution >= 4 is 0 Å². The number of methoxy groups -OCH3 is 1. The minimum absolute atomic E-state index is 0.279. The Morgan fingerprint density at radius 3 is 2.73 bits per heavy atom. The van der Waals surface area contributed by atoms with Gasteiger partial charge in [0.05, 0.1) is 12.8 Å². The predicted molar refractivity (Wildman–Crippen MR) is 56.2 cm³/mol. The molecule has 1 aromatic carbocycles. The zero-order chi connectivity index (χ0) is 10.7. The van der Waals surface area contributed by atoms with Gasteiger partial charge in [0, 0.05) is 17.8 Å². The molecule has 3 heteroatoms. The average molecular weight is 203 g/mol. The second kappa shape index (κ2) is 4.09. The van der Waals surface area contributed by atoms with Crippen LogP contribution in [-0.2, 0) is 0 Å². The smallest absolute Gasteiger partial charge is 0.132 e. The fraction of sp³-hybridized carbons (Fsp3) is 0.0833. The summed E-state index contributed by atoms with van der Waals surface area (Å²) in [6.07, 6.45) is 1.60. The highest BCUT2D eigenvalue weighted by Crippen LogP contribution is 2.23. The van der Waals surface area contributed by atoms with Crippen molar-refractivity contribution in [1.29, 1.82) is 0 Å². The van der Waals surface area contributed by atoms with Crippen LogP contribution in [0.2, 0.25) is 0 Å². The van der Waals surface area contributed by atoms with Gasteiger partial charge in [0.1, 0.15) is 11.6 Å². The van der Waals surface area contributed by atoms with E-state index in [-0.39, 0.29) is 5.82 Å². The number of nitrogens with zero attached hydrogens (tertiary/aromatic N) is 1. The van der Waals surface area contributed by atoms with Gasteiger partial charge in [0.15, 0.2) is 0 Å². The Bertz CT molecular complexity index is 471. The summed E-state index contributed by atoms with van der Waals surface area (Å²) in [5.74, 6) is 0.390. The maximum atomic E-state index is 13.4. The van der Waals surface area contributed by atoms with Crippen molar-refractivity contribution in [3.63, 3.8) is 0 Å². The van der Waals surface area contributed by atoms with Crippen LogP contribution in [0.5, 0.6) is 5.75 Å². The highest BCUT2D eigenvalue weighted by molar-refractivity contribution is 5.61. The molecule has 1 aromatic heterocycles. The molecule has 15 heavy (non-hydrogen) atoms. The second-order valence-electron chi connectivity index (χ2n) is 3.06. The molecule has 0 aliphatic rings. The van der Waals surface area contributed by atoms with Crippen molar-refractivity contribution in [2.24, 2.45) is 0 Å². The van der Waals surface area contributed by atoms with Gasteiger partial charge in [0.25, 0.3) is 0 Å². The molecule has 0 atom stereocenters. The Hall–Kier alpha value is -1.90.